The van der Waals surface area contributed by atoms with Gasteiger partial charge in [0.25, 0.3) is 5.17 Å². The van der Waals surface area contributed by atoms with Crippen molar-refractivity contribution < 1.29 is 19.4 Å². The summed E-state index contributed by atoms with van der Waals surface area (Å²) in [4.78, 5) is 0. The van der Waals surface area contributed by atoms with Crippen LogP contribution in [-0.2, 0) is 17.8 Å². The van der Waals surface area contributed by atoms with Crippen molar-refractivity contribution in [2.45, 2.75) is 33.8 Å². The van der Waals surface area contributed by atoms with Crippen molar-refractivity contribution >= 4 is 23.1 Å². The third-order valence-corrected chi connectivity index (χ3v) is 4.34. The Balaban J connectivity index is 2.32. The highest BCUT2D eigenvalue weighted by Gasteiger charge is 2.19. The lowest BCUT2D eigenvalue weighted by Crippen LogP contribution is -2.27. The highest BCUT2D eigenvalue weighted by atomic mass is 32.1. The number of hydrogen-bond acceptors (Lipinski definition) is 5. The Morgan fingerprint density at radius 2 is 1.88 bits per heavy atom. The number of methoxy groups -OCH3 is 1. The number of hydrogen-bond donors (Lipinski definition) is 1. The summed E-state index contributed by atoms with van der Waals surface area (Å²) >= 11 is 5.03. The Bertz CT molecular complexity index is 763. The second-order valence-corrected chi connectivity index (χ2v) is 6.06. The number of anilines is 1. The van der Waals surface area contributed by atoms with E-state index < -0.39 is 0 Å². The second kappa shape index (κ2) is 9.40. The van der Waals surface area contributed by atoms with Crippen LogP contribution in [0.15, 0.2) is 36.4 Å². The highest BCUT2D eigenvalue weighted by molar-refractivity contribution is 7.80. The molecule has 2 aromatic carbocycles. The van der Waals surface area contributed by atoms with Gasteiger partial charge in [-0.25, -0.2) is 0 Å². The summed E-state index contributed by atoms with van der Waals surface area (Å²) < 4.78 is 16.7. The fraction of sp³-hybridized carbons (Fsp3) is 0.350. The fourth-order valence-corrected chi connectivity index (χ4v) is 2.71. The zero-order valence-corrected chi connectivity index (χ0v) is 16.4. The third kappa shape index (κ3) is 4.65. The number of thiocarbonyl (C=S) groups is 1. The summed E-state index contributed by atoms with van der Waals surface area (Å²) in [6.45, 7) is 6.76. The molecule has 0 unspecified atom stereocenters. The van der Waals surface area contributed by atoms with Gasteiger partial charge in [0.2, 0.25) is 0 Å². The van der Waals surface area contributed by atoms with E-state index in [4.69, 9.17) is 26.4 Å². The molecule has 0 saturated carbocycles. The van der Waals surface area contributed by atoms with E-state index in [2.05, 4.69) is 19.1 Å². The summed E-state index contributed by atoms with van der Waals surface area (Å²) in [6.07, 6.45) is 0.979. The maximum atomic E-state index is 10.3. The number of hydroxylamine groups is 1. The van der Waals surface area contributed by atoms with Gasteiger partial charge in [0.05, 0.1) is 25.0 Å². The van der Waals surface area contributed by atoms with Gasteiger partial charge in [-0.15, -0.1) is 0 Å². The van der Waals surface area contributed by atoms with Crippen LogP contribution in [0.2, 0.25) is 0 Å². The van der Waals surface area contributed by atoms with Crippen LogP contribution >= 0.6 is 12.2 Å². The summed E-state index contributed by atoms with van der Waals surface area (Å²) in [5, 5.41) is 11.1. The molecule has 0 heterocycles. The van der Waals surface area contributed by atoms with Gasteiger partial charge >= 0.3 is 0 Å². The quantitative estimate of drug-likeness (QED) is 0.561. The van der Waals surface area contributed by atoms with E-state index in [-0.39, 0.29) is 11.8 Å². The monoisotopic (exact) mass is 375 g/mol. The molecular formula is C20H25NO4S. The van der Waals surface area contributed by atoms with E-state index in [1.54, 1.807) is 12.1 Å². The fourth-order valence-electron chi connectivity index (χ4n) is 2.62. The number of benzene rings is 2. The average molecular weight is 375 g/mol. The van der Waals surface area contributed by atoms with E-state index in [9.17, 15) is 5.21 Å². The average Bonchev–Trinajstić information content (AvgIpc) is 2.66. The van der Waals surface area contributed by atoms with E-state index in [1.165, 1.54) is 12.7 Å². The van der Waals surface area contributed by atoms with E-state index in [1.807, 2.05) is 26.0 Å². The minimum absolute atomic E-state index is 0.0524. The zero-order valence-electron chi connectivity index (χ0n) is 15.6. The van der Waals surface area contributed by atoms with Crippen molar-refractivity contribution in [3.63, 3.8) is 0 Å². The molecule has 0 aliphatic rings. The minimum Gasteiger partial charge on any atom is -0.493 e. The van der Waals surface area contributed by atoms with Crippen LogP contribution in [0.4, 0.5) is 5.69 Å². The maximum absolute atomic E-state index is 10.3. The smallest absolute Gasteiger partial charge is 0.288 e. The molecule has 140 valence electrons. The Kier molecular flexibility index (Phi) is 7.24. The predicted octanol–water partition coefficient (Wildman–Crippen LogP) is 4.66. The Morgan fingerprint density at radius 3 is 2.50 bits per heavy atom. The Labute approximate surface area is 160 Å². The Hall–Kier alpha value is -2.31. The number of rotatable bonds is 7. The van der Waals surface area contributed by atoms with Gasteiger partial charge in [-0.05, 0) is 61.8 Å². The van der Waals surface area contributed by atoms with Gasteiger partial charge in [0.15, 0.2) is 0 Å². The molecule has 0 radical (unpaired) electrons. The van der Waals surface area contributed by atoms with Crippen molar-refractivity contribution in [2.24, 2.45) is 0 Å². The number of aryl methyl sites for hydroxylation is 2. The van der Waals surface area contributed by atoms with Crippen molar-refractivity contribution in [2.75, 3.05) is 18.8 Å². The number of nitrogens with zero attached hydrogens (tertiary/aromatic N) is 1. The largest absolute Gasteiger partial charge is 0.493 e. The van der Waals surface area contributed by atoms with Crippen LogP contribution in [0, 0.1) is 6.92 Å². The first-order valence-corrected chi connectivity index (χ1v) is 8.96. The molecular weight excluding hydrogens is 350 g/mol. The molecule has 0 bridgehead atoms. The highest BCUT2D eigenvalue weighted by Crippen LogP contribution is 2.31. The van der Waals surface area contributed by atoms with Crippen LogP contribution in [0.5, 0.6) is 11.5 Å². The molecule has 5 nitrogen and oxygen atoms in total. The van der Waals surface area contributed by atoms with Gasteiger partial charge in [-0.3, -0.25) is 5.21 Å². The van der Waals surface area contributed by atoms with Crippen LogP contribution in [0.25, 0.3) is 0 Å². The Morgan fingerprint density at radius 1 is 1.12 bits per heavy atom. The molecule has 0 amide bonds. The second-order valence-electron chi connectivity index (χ2n) is 5.71. The lowest BCUT2D eigenvalue weighted by Gasteiger charge is -2.22. The third-order valence-electron chi connectivity index (χ3n) is 4.00. The lowest BCUT2D eigenvalue weighted by molar-refractivity contribution is 0.259. The molecule has 0 atom stereocenters. The summed E-state index contributed by atoms with van der Waals surface area (Å²) in [6, 6.07) is 11.5. The van der Waals surface area contributed by atoms with E-state index in [0.717, 1.165) is 22.8 Å². The van der Waals surface area contributed by atoms with Gasteiger partial charge in [0, 0.05) is 0 Å². The maximum Gasteiger partial charge on any atom is 0.288 e. The van der Waals surface area contributed by atoms with Crippen LogP contribution in [0.1, 0.15) is 30.5 Å². The molecule has 0 spiro atoms. The first-order chi connectivity index (χ1) is 12.5. The van der Waals surface area contributed by atoms with Gasteiger partial charge < -0.3 is 14.2 Å². The van der Waals surface area contributed by atoms with Crippen molar-refractivity contribution in [3.8, 4) is 11.5 Å². The number of ether oxygens (including phenoxy) is 3. The molecule has 0 aliphatic heterocycles. The van der Waals surface area contributed by atoms with E-state index in [0.29, 0.717) is 23.6 Å². The summed E-state index contributed by atoms with van der Waals surface area (Å²) in [5.41, 5.74) is 3.48. The molecule has 1 N–H and O–H groups in total. The molecule has 6 heteroatoms. The molecule has 0 fully saturated rings. The molecule has 26 heavy (non-hydrogen) atoms. The summed E-state index contributed by atoms with van der Waals surface area (Å²) in [5.74, 6) is 1.42. The van der Waals surface area contributed by atoms with Crippen molar-refractivity contribution in [3.05, 3.63) is 53.1 Å². The van der Waals surface area contributed by atoms with E-state index >= 15 is 0 Å². The minimum atomic E-state index is -0.0524. The van der Waals surface area contributed by atoms with Crippen LogP contribution in [-0.4, -0.2) is 24.1 Å². The first-order valence-electron chi connectivity index (χ1n) is 8.55. The molecule has 0 aromatic heterocycles. The molecule has 0 saturated heterocycles. The van der Waals surface area contributed by atoms with Crippen molar-refractivity contribution in [1.29, 1.82) is 0 Å². The normalized spacial score (nSPS) is 10.3. The summed E-state index contributed by atoms with van der Waals surface area (Å²) in [7, 11) is 1.41. The zero-order chi connectivity index (χ0) is 19.1. The topological polar surface area (TPSA) is 51.2 Å². The van der Waals surface area contributed by atoms with Crippen molar-refractivity contribution in [1.82, 2.24) is 0 Å². The molecule has 0 aliphatic carbocycles. The lowest BCUT2D eigenvalue weighted by atomic mass is 10.1. The molecule has 2 rings (SSSR count). The first kappa shape index (κ1) is 20.0. The van der Waals surface area contributed by atoms with Gasteiger partial charge in [-0.2, -0.15) is 5.06 Å². The molecule has 2 aromatic rings. The van der Waals surface area contributed by atoms with Crippen LogP contribution < -0.4 is 14.5 Å². The SMILES string of the molecule is CCOc1cccc(N(O)C(=S)OC)c1COc1ccc(CC)cc1C. The van der Waals surface area contributed by atoms with Gasteiger partial charge in [0.1, 0.15) is 18.1 Å². The predicted molar refractivity (Wildman–Crippen MR) is 106 cm³/mol. The van der Waals surface area contributed by atoms with Crippen LogP contribution in [0.3, 0.4) is 0 Å². The standard InChI is InChI=1S/C20H25NO4S/c1-5-15-10-11-18(14(3)12-15)25-13-16-17(21(22)20(26)23-4)8-7-9-19(16)24-6-2/h7-12,22H,5-6,13H2,1-4H3. The van der Waals surface area contributed by atoms with Gasteiger partial charge in [-0.1, -0.05) is 25.1 Å².